The third-order valence-corrected chi connectivity index (χ3v) is 3.96. The van der Waals surface area contributed by atoms with Gasteiger partial charge in [-0.1, -0.05) is 26.8 Å². The number of carbonyl (C=O) groups excluding carboxylic acids is 1. The Morgan fingerprint density at radius 1 is 1.53 bits per heavy atom. The Bertz CT molecular complexity index is 375. The lowest BCUT2D eigenvalue weighted by molar-refractivity contribution is -0.130. The van der Waals surface area contributed by atoms with Gasteiger partial charge in [-0.05, 0) is 23.8 Å². The van der Waals surface area contributed by atoms with Crippen molar-refractivity contribution in [2.24, 2.45) is 5.92 Å². The van der Waals surface area contributed by atoms with Crippen LogP contribution in [-0.4, -0.2) is 23.4 Å². The minimum Gasteiger partial charge on any atom is -0.320 e. The first-order valence-electron chi connectivity index (χ1n) is 6.23. The van der Waals surface area contributed by atoms with E-state index in [1.165, 1.54) is 4.88 Å². The normalized spacial score (nSPS) is 24.9. The van der Waals surface area contributed by atoms with E-state index in [-0.39, 0.29) is 18.1 Å². The zero-order valence-corrected chi connectivity index (χ0v) is 11.5. The molecule has 2 unspecified atom stereocenters. The van der Waals surface area contributed by atoms with Crippen molar-refractivity contribution in [1.29, 1.82) is 0 Å². The molecule has 4 heteroatoms. The van der Waals surface area contributed by atoms with Crippen molar-refractivity contribution in [3.63, 3.8) is 0 Å². The van der Waals surface area contributed by atoms with Gasteiger partial charge in [0, 0.05) is 11.4 Å². The summed E-state index contributed by atoms with van der Waals surface area (Å²) in [5.41, 5.74) is 0. The lowest BCUT2D eigenvalue weighted by Crippen LogP contribution is -2.33. The Labute approximate surface area is 107 Å². The summed E-state index contributed by atoms with van der Waals surface area (Å²) in [6, 6.07) is 4.13. The molecular formula is C13H20N2OS. The van der Waals surface area contributed by atoms with Crippen molar-refractivity contribution in [3.8, 4) is 0 Å². The van der Waals surface area contributed by atoms with Crippen LogP contribution in [0.2, 0.25) is 0 Å². The second-order valence-corrected chi connectivity index (χ2v) is 5.91. The van der Waals surface area contributed by atoms with E-state index in [0.717, 1.165) is 13.0 Å². The van der Waals surface area contributed by atoms with E-state index in [2.05, 4.69) is 37.5 Å². The number of hydrogen-bond donors (Lipinski definition) is 1. The highest BCUT2D eigenvalue weighted by Crippen LogP contribution is 2.29. The van der Waals surface area contributed by atoms with Gasteiger partial charge in [0.1, 0.15) is 6.17 Å². The largest absolute Gasteiger partial charge is 0.320 e. The molecule has 0 radical (unpaired) electrons. The lowest BCUT2D eigenvalue weighted by atomic mass is 10.2. The third kappa shape index (κ3) is 2.53. The number of hydrogen-bond acceptors (Lipinski definition) is 3. The molecule has 1 amide bonds. The smallest absolute Gasteiger partial charge is 0.241 e. The van der Waals surface area contributed by atoms with Gasteiger partial charge in [0.2, 0.25) is 5.91 Å². The molecule has 94 valence electrons. The molecule has 0 saturated carbocycles. The van der Waals surface area contributed by atoms with Crippen LogP contribution < -0.4 is 5.32 Å². The lowest BCUT2D eigenvalue weighted by Gasteiger charge is -2.25. The zero-order chi connectivity index (χ0) is 12.4. The molecule has 1 fully saturated rings. The van der Waals surface area contributed by atoms with E-state index in [0.29, 0.717) is 5.92 Å². The van der Waals surface area contributed by atoms with Crippen molar-refractivity contribution < 1.29 is 4.79 Å². The molecule has 1 N–H and O–H groups in total. The first kappa shape index (κ1) is 12.6. The molecule has 1 aromatic rings. The van der Waals surface area contributed by atoms with Crippen LogP contribution in [0.25, 0.3) is 0 Å². The summed E-state index contributed by atoms with van der Waals surface area (Å²) in [7, 11) is 0. The molecule has 1 aromatic heterocycles. The van der Waals surface area contributed by atoms with Crippen molar-refractivity contribution >= 4 is 17.2 Å². The van der Waals surface area contributed by atoms with Crippen LogP contribution in [0.15, 0.2) is 17.5 Å². The maximum atomic E-state index is 12.2. The zero-order valence-electron chi connectivity index (χ0n) is 10.6. The number of thiophene rings is 1. The molecule has 0 spiro atoms. The fourth-order valence-electron chi connectivity index (χ4n) is 2.24. The van der Waals surface area contributed by atoms with E-state index in [1.807, 2.05) is 11.0 Å². The minimum atomic E-state index is -0.0131. The van der Waals surface area contributed by atoms with E-state index < -0.39 is 0 Å². The first-order chi connectivity index (χ1) is 8.13. The summed E-state index contributed by atoms with van der Waals surface area (Å²) in [4.78, 5) is 15.5. The predicted octanol–water partition coefficient (Wildman–Crippen LogP) is 2.61. The number of rotatable bonds is 4. The molecule has 2 heterocycles. The van der Waals surface area contributed by atoms with Crippen LogP contribution in [-0.2, 0) is 4.79 Å². The Balaban J connectivity index is 2.21. The van der Waals surface area contributed by atoms with Gasteiger partial charge < -0.3 is 4.90 Å². The van der Waals surface area contributed by atoms with Gasteiger partial charge in [-0.15, -0.1) is 11.3 Å². The molecule has 1 aliphatic heterocycles. The quantitative estimate of drug-likeness (QED) is 0.893. The van der Waals surface area contributed by atoms with Gasteiger partial charge >= 0.3 is 0 Å². The maximum Gasteiger partial charge on any atom is 0.241 e. The molecule has 0 aromatic carbocycles. The molecule has 1 saturated heterocycles. The van der Waals surface area contributed by atoms with Crippen molar-refractivity contribution in [2.45, 2.75) is 39.4 Å². The van der Waals surface area contributed by atoms with Crippen molar-refractivity contribution in [2.75, 3.05) is 6.54 Å². The monoisotopic (exact) mass is 252 g/mol. The van der Waals surface area contributed by atoms with E-state index in [9.17, 15) is 4.79 Å². The molecule has 1 aliphatic rings. The second kappa shape index (κ2) is 5.19. The van der Waals surface area contributed by atoms with Gasteiger partial charge in [0.15, 0.2) is 0 Å². The Morgan fingerprint density at radius 2 is 2.29 bits per heavy atom. The topological polar surface area (TPSA) is 32.3 Å². The van der Waals surface area contributed by atoms with Gasteiger partial charge in [0.25, 0.3) is 0 Å². The van der Waals surface area contributed by atoms with E-state index in [1.54, 1.807) is 11.3 Å². The number of nitrogens with one attached hydrogen (secondary N) is 1. The molecule has 2 rings (SSSR count). The summed E-state index contributed by atoms with van der Waals surface area (Å²) in [5, 5.41) is 5.50. The molecule has 0 bridgehead atoms. The number of nitrogens with zero attached hydrogens (tertiary/aromatic N) is 1. The highest BCUT2D eigenvalue weighted by atomic mass is 32.1. The van der Waals surface area contributed by atoms with Crippen molar-refractivity contribution in [3.05, 3.63) is 22.4 Å². The summed E-state index contributed by atoms with van der Waals surface area (Å²) < 4.78 is 0. The van der Waals surface area contributed by atoms with Gasteiger partial charge in [-0.2, -0.15) is 0 Å². The fourth-order valence-corrected chi connectivity index (χ4v) is 3.04. The summed E-state index contributed by atoms with van der Waals surface area (Å²) in [6.45, 7) is 7.18. The second-order valence-electron chi connectivity index (χ2n) is 4.93. The Kier molecular flexibility index (Phi) is 3.84. The van der Waals surface area contributed by atoms with E-state index >= 15 is 0 Å². The summed E-state index contributed by atoms with van der Waals surface area (Å²) >= 11 is 1.71. The average Bonchev–Trinajstić information content (AvgIpc) is 2.88. The molecule has 2 atom stereocenters. The van der Waals surface area contributed by atoms with E-state index in [4.69, 9.17) is 0 Å². The van der Waals surface area contributed by atoms with Crippen LogP contribution in [0, 0.1) is 5.92 Å². The van der Waals surface area contributed by atoms with Gasteiger partial charge in [-0.25, -0.2) is 0 Å². The van der Waals surface area contributed by atoms with Crippen LogP contribution in [0.4, 0.5) is 0 Å². The highest BCUT2D eigenvalue weighted by molar-refractivity contribution is 7.10. The molecule has 17 heavy (non-hydrogen) atoms. The summed E-state index contributed by atoms with van der Waals surface area (Å²) in [6.07, 6.45) is 0.935. The van der Waals surface area contributed by atoms with Gasteiger partial charge in [0.05, 0.1) is 6.04 Å². The van der Waals surface area contributed by atoms with Crippen LogP contribution in [0.5, 0.6) is 0 Å². The molecular weight excluding hydrogens is 232 g/mol. The van der Waals surface area contributed by atoms with Crippen LogP contribution >= 0.6 is 11.3 Å². The Hall–Kier alpha value is -0.870. The summed E-state index contributed by atoms with van der Waals surface area (Å²) in [5.74, 6) is 0.749. The molecule has 0 aliphatic carbocycles. The van der Waals surface area contributed by atoms with Crippen molar-refractivity contribution in [1.82, 2.24) is 10.2 Å². The van der Waals surface area contributed by atoms with Gasteiger partial charge in [-0.3, -0.25) is 10.1 Å². The average molecular weight is 252 g/mol. The molecule has 3 nitrogen and oxygen atoms in total. The SMILES string of the molecule is CCC1NC(c2cccs2)N(CC(C)C)C1=O. The Morgan fingerprint density at radius 3 is 2.82 bits per heavy atom. The maximum absolute atomic E-state index is 12.2. The number of amides is 1. The fraction of sp³-hybridized carbons (Fsp3) is 0.615. The highest BCUT2D eigenvalue weighted by Gasteiger charge is 2.38. The first-order valence-corrected chi connectivity index (χ1v) is 7.11. The standard InChI is InChI=1S/C13H20N2OS/c1-4-10-13(16)15(8-9(2)3)12(14-10)11-6-5-7-17-11/h5-7,9-10,12,14H,4,8H2,1-3H3. The van der Waals surface area contributed by atoms with Crippen LogP contribution in [0.3, 0.4) is 0 Å². The van der Waals surface area contributed by atoms with Crippen LogP contribution in [0.1, 0.15) is 38.2 Å². The predicted molar refractivity (Wildman–Crippen MR) is 70.8 cm³/mol. The third-order valence-electron chi connectivity index (χ3n) is 3.03. The number of carbonyl (C=O) groups is 1. The minimum absolute atomic E-state index is 0.0131.